The first-order chi connectivity index (χ1) is 9.33. The Bertz CT molecular complexity index is 290. The third-order valence-electron chi connectivity index (χ3n) is 4.58. The molecule has 118 valence electrons. The molecule has 0 bridgehead atoms. The van der Waals surface area contributed by atoms with Gasteiger partial charge in [0.2, 0.25) is 0 Å². The molecule has 2 rings (SSSR count). The molecule has 0 aromatic heterocycles. The van der Waals surface area contributed by atoms with Crippen LogP contribution in [-0.2, 0) is 0 Å². The zero-order valence-corrected chi connectivity index (χ0v) is 15.4. The summed E-state index contributed by atoms with van der Waals surface area (Å²) < 4.78 is 0. The summed E-state index contributed by atoms with van der Waals surface area (Å²) in [6.45, 7) is 5.72. The number of guanidine groups is 1. The van der Waals surface area contributed by atoms with E-state index in [9.17, 15) is 0 Å². The topological polar surface area (TPSA) is 39.7 Å². The maximum atomic E-state index is 4.36. The minimum absolute atomic E-state index is 0. The Kier molecular flexibility index (Phi) is 8.84. The maximum Gasteiger partial charge on any atom is 0.191 e. The molecule has 1 aliphatic heterocycles. The van der Waals surface area contributed by atoms with Crippen LogP contribution in [0.1, 0.15) is 51.9 Å². The second-order valence-corrected chi connectivity index (χ2v) is 5.86. The molecule has 1 saturated heterocycles. The number of halogens is 1. The molecule has 20 heavy (non-hydrogen) atoms. The van der Waals surface area contributed by atoms with Crippen LogP contribution in [0.3, 0.4) is 0 Å². The quantitative estimate of drug-likeness (QED) is 0.438. The van der Waals surface area contributed by atoms with E-state index in [1.165, 1.54) is 58.0 Å². The van der Waals surface area contributed by atoms with Crippen LogP contribution in [0, 0.1) is 0 Å². The van der Waals surface area contributed by atoms with Gasteiger partial charge in [0, 0.05) is 25.7 Å². The zero-order valence-electron chi connectivity index (χ0n) is 13.0. The second kappa shape index (κ2) is 9.82. The van der Waals surface area contributed by atoms with Crippen LogP contribution in [0.4, 0.5) is 0 Å². The Labute approximate surface area is 141 Å². The van der Waals surface area contributed by atoms with E-state index in [4.69, 9.17) is 0 Å². The summed E-state index contributed by atoms with van der Waals surface area (Å²) in [6, 6.07) is 1.32. The minimum Gasteiger partial charge on any atom is -0.355 e. The van der Waals surface area contributed by atoms with Crippen molar-refractivity contribution < 1.29 is 0 Å². The molecule has 2 fully saturated rings. The maximum absolute atomic E-state index is 4.36. The highest BCUT2D eigenvalue weighted by Crippen LogP contribution is 2.18. The third-order valence-corrected chi connectivity index (χ3v) is 4.58. The fourth-order valence-corrected chi connectivity index (χ4v) is 3.38. The lowest BCUT2D eigenvalue weighted by Crippen LogP contribution is -2.50. The van der Waals surface area contributed by atoms with Crippen molar-refractivity contribution in [3.05, 3.63) is 0 Å². The molecule has 1 aliphatic carbocycles. The summed E-state index contributed by atoms with van der Waals surface area (Å²) in [6.07, 6.45) is 9.37. The van der Waals surface area contributed by atoms with Crippen LogP contribution in [0.5, 0.6) is 0 Å². The van der Waals surface area contributed by atoms with E-state index in [2.05, 4.69) is 27.4 Å². The van der Waals surface area contributed by atoms with Crippen molar-refractivity contribution in [2.45, 2.75) is 64.0 Å². The van der Waals surface area contributed by atoms with Crippen LogP contribution in [0.15, 0.2) is 4.99 Å². The molecule has 1 saturated carbocycles. The van der Waals surface area contributed by atoms with Crippen molar-refractivity contribution in [3.63, 3.8) is 0 Å². The Morgan fingerprint density at radius 2 is 1.85 bits per heavy atom. The first-order valence-corrected chi connectivity index (χ1v) is 8.04. The number of hydrogen-bond acceptors (Lipinski definition) is 2. The predicted octanol–water partition coefficient (Wildman–Crippen LogP) is 2.59. The van der Waals surface area contributed by atoms with Gasteiger partial charge < -0.3 is 10.6 Å². The van der Waals surface area contributed by atoms with Gasteiger partial charge >= 0.3 is 0 Å². The number of nitrogens with zero attached hydrogens (tertiary/aromatic N) is 2. The second-order valence-electron chi connectivity index (χ2n) is 5.86. The number of aliphatic imine (C=N–C) groups is 1. The van der Waals surface area contributed by atoms with Crippen molar-refractivity contribution in [1.29, 1.82) is 0 Å². The van der Waals surface area contributed by atoms with Crippen LogP contribution in [0.2, 0.25) is 0 Å². The Morgan fingerprint density at radius 1 is 1.15 bits per heavy atom. The molecule has 0 spiro atoms. The molecule has 0 amide bonds. The van der Waals surface area contributed by atoms with Gasteiger partial charge in [-0.05, 0) is 38.8 Å². The highest BCUT2D eigenvalue weighted by atomic mass is 127. The van der Waals surface area contributed by atoms with Crippen molar-refractivity contribution in [2.75, 3.05) is 26.7 Å². The largest absolute Gasteiger partial charge is 0.355 e. The molecule has 2 aliphatic rings. The third kappa shape index (κ3) is 5.39. The van der Waals surface area contributed by atoms with Gasteiger partial charge in [0.05, 0.1) is 0 Å². The van der Waals surface area contributed by atoms with Crippen molar-refractivity contribution in [1.82, 2.24) is 15.5 Å². The lowest BCUT2D eigenvalue weighted by Gasteiger charge is -2.35. The smallest absolute Gasteiger partial charge is 0.191 e. The van der Waals surface area contributed by atoms with Gasteiger partial charge in [-0.1, -0.05) is 26.2 Å². The summed E-state index contributed by atoms with van der Waals surface area (Å²) in [5.41, 5.74) is 0. The highest BCUT2D eigenvalue weighted by Gasteiger charge is 2.21. The van der Waals surface area contributed by atoms with E-state index in [0.29, 0.717) is 12.1 Å². The molecule has 0 aromatic rings. The predicted molar refractivity (Wildman–Crippen MR) is 97.1 cm³/mol. The van der Waals surface area contributed by atoms with E-state index in [1.54, 1.807) is 0 Å². The average molecular weight is 394 g/mol. The molecule has 5 heteroatoms. The van der Waals surface area contributed by atoms with Gasteiger partial charge in [-0.15, -0.1) is 24.0 Å². The number of piperidine rings is 1. The van der Waals surface area contributed by atoms with Gasteiger partial charge in [0.25, 0.3) is 0 Å². The molecule has 0 aromatic carbocycles. The van der Waals surface area contributed by atoms with E-state index < -0.39 is 0 Å². The number of hydrogen-bond donors (Lipinski definition) is 2. The van der Waals surface area contributed by atoms with Crippen LogP contribution < -0.4 is 10.6 Å². The summed E-state index contributed by atoms with van der Waals surface area (Å²) in [4.78, 5) is 6.96. The summed E-state index contributed by atoms with van der Waals surface area (Å²) >= 11 is 0. The van der Waals surface area contributed by atoms with Gasteiger partial charge in [-0.2, -0.15) is 0 Å². The lowest BCUT2D eigenvalue weighted by atomic mass is 10.0. The molecule has 4 nitrogen and oxygen atoms in total. The van der Waals surface area contributed by atoms with Gasteiger partial charge in [-0.3, -0.25) is 9.89 Å². The SMILES string of the molecule is CCN1CCCCC1CNC(=NC)NC1CCCC1.I. The van der Waals surface area contributed by atoms with Crippen molar-refractivity contribution in [3.8, 4) is 0 Å². The number of rotatable bonds is 4. The van der Waals surface area contributed by atoms with E-state index in [0.717, 1.165) is 12.5 Å². The Balaban J connectivity index is 0.00000200. The molecule has 1 unspecified atom stereocenters. The van der Waals surface area contributed by atoms with Gasteiger partial charge in [-0.25, -0.2) is 0 Å². The minimum atomic E-state index is 0. The fourth-order valence-electron chi connectivity index (χ4n) is 3.38. The number of nitrogens with one attached hydrogen (secondary N) is 2. The van der Waals surface area contributed by atoms with Gasteiger partial charge in [0.1, 0.15) is 0 Å². The highest BCUT2D eigenvalue weighted by molar-refractivity contribution is 14.0. The molecular formula is C15H31IN4. The summed E-state index contributed by atoms with van der Waals surface area (Å²) in [7, 11) is 1.88. The first kappa shape index (κ1) is 18.0. The van der Waals surface area contributed by atoms with Gasteiger partial charge in [0.15, 0.2) is 5.96 Å². The monoisotopic (exact) mass is 394 g/mol. The normalized spacial score (nSPS) is 25.3. The van der Waals surface area contributed by atoms with Crippen molar-refractivity contribution >= 4 is 29.9 Å². The molecule has 1 atom stereocenters. The lowest BCUT2D eigenvalue weighted by molar-refractivity contribution is 0.157. The Hall–Kier alpha value is -0.0400. The molecule has 2 N–H and O–H groups in total. The molecule has 1 heterocycles. The average Bonchev–Trinajstić information content (AvgIpc) is 2.96. The Morgan fingerprint density at radius 3 is 2.50 bits per heavy atom. The number of likely N-dealkylation sites (N-methyl/N-ethyl adjacent to an activating group) is 1. The fraction of sp³-hybridized carbons (Fsp3) is 0.933. The van der Waals surface area contributed by atoms with E-state index >= 15 is 0 Å². The molecule has 0 radical (unpaired) electrons. The zero-order chi connectivity index (χ0) is 13.5. The standard InChI is InChI=1S/C15H30N4.HI/c1-3-19-11-7-6-10-14(19)12-17-15(16-2)18-13-8-4-5-9-13;/h13-14H,3-12H2,1-2H3,(H2,16,17,18);1H. The summed E-state index contributed by atoms with van der Waals surface area (Å²) in [5, 5.41) is 7.09. The van der Waals surface area contributed by atoms with E-state index in [-0.39, 0.29) is 24.0 Å². The van der Waals surface area contributed by atoms with E-state index in [1.807, 2.05) is 7.05 Å². The van der Waals surface area contributed by atoms with Crippen molar-refractivity contribution in [2.24, 2.45) is 4.99 Å². The summed E-state index contributed by atoms with van der Waals surface area (Å²) in [5.74, 6) is 0.994. The van der Waals surface area contributed by atoms with Crippen LogP contribution in [-0.4, -0.2) is 49.6 Å². The van der Waals surface area contributed by atoms with Crippen LogP contribution >= 0.6 is 24.0 Å². The first-order valence-electron chi connectivity index (χ1n) is 8.04. The number of likely N-dealkylation sites (tertiary alicyclic amines) is 1. The van der Waals surface area contributed by atoms with Crippen LogP contribution in [0.25, 0.3) is 0 Å². The molecular weight excluding hydrogens is 363 g/mol.